The Kier molecular flexibility index (Phi) is 24.6. The topological polar surface area (TPSA) is 165 Å². The largest absolute Gasteiger partial charge is 0.452 e. The lowest BCUT2D eigenvalue weighted by Crippen LogP contribution is -2.64. The summed E-state index contributed by atoms with van der Waals surface area (Å²) in [4.78, 5) is 48.8. The van der Waals surface area contributed by atoms with E-state index in [9.17, 15) is 40.7 Å². The molecule has 9 aromatic rings. The maximum atomic E-state index is 14.8. The van der Waals surface area contributed by atoms with Crippen LogP contribution in [0.25, 0.3) is 0 Å². The zero-order valence-electron chi connectivity index (χ0n) is 52.9. The smallest absolute Gasteiger partial charge is 0.416 e. The SMILES string of the molecule is O=C(O[C@@H]1[C@@H](OC(=O)c2ccccc2)[C@@H](OC(=Nc2ccc(C(F)(F)F)cc2)SCc2ccc(C(F)(F)F)cc2)O[C@H](CO[C@H]2O[C@H](COCc3ccccc3)[C@@H](OCc3ccccc3)[C@H](OCc3ccccc3)[C@H]2OCc2ccccc2)[C@H]1OC(=O)c1ccccc1)c1ccccc1. The van der Waals surface area contributed by atoms with E-state index < -0.39 is 115 Å². The third-order valence-corrected chi connectivity index (χ3v) is 16.8. The van der Waals surface area contributed by atoms with Crippen LogP contribution in [-0.2, 0) is 96.6 Å². The molecule has 15 nitrogen and oxygen atoms in total. The lowest BCUT2D eigenvalue weighted by molar-refractivity contribution is -0.341. The molecule has 2 aliphatic rings. The second kappa shape index (κ2) is 34.3. The molecule has 2 heterocycles. The van der Waals surface area contributed by atoms with Gasteiger partial charge < -0.3 is 52.1 Å². The third kappa shape index (κ3) is 20.1. The maximum Gasteiger partial charge on any atom is 0.416 e. The van der Waals surface area contributed by atoms with Gasteiger partial charge in [-0.25, -0.2) is 19.4 Å². The predicted octanol–water partition coefficient (Wildman–Crippen LogP) is 15.8. The lowest BCUT2D eigenvalue weighted by Gasteiger charge is -2.47. The Morgan fingerprint density at radius 1 is 0.354 bits per heavy atom. The molecule has 99 heavy (non-hydrogen) atoms. The maximum absolute atomic E-state index is 14.8. The molecule has 0 aromatic heterocycles. The zero-order valence-corrected chi connectivity index (χ0v) is 53.7. The van der Waals surface area contributed by atoms with Crippen molar-refractivity contribution >= 4 is 40.6 Å². The van der Waals surface area contributed by atoms with Gasteiger partial charge in [-0.05, 0) is 101 Å². The number of halogens is 6. The first-order valence-electron chi connectivity index (χ1n) is 31.6. The average Bonchev–Trinajstić information content (AvgIpc) is 0.780. The molecule has 2 aliphatic heterocycles. The summed E-state index contributed by atoms with van der Waals surface area (Å²) in [6, 6.07) is 68.9. The van der Waals surface area contributed by atoms with Crippen LogP contribution in [0.3, 0.4) is 0 Å². The van der Waals surface area contributed by atoms with Crippen LogP contribution in [0, 0.1) is 0 Å². The first kappa shape index (κ1) is 70.8. The first-order valence-corrected chi connectivity index (χ1v) is 32.6. The zero-order chi connectivity index (χ0) is 69.0. The van der Waals surface area contributed by atoms with Crippen molar-refractivity contribution in [2.75, 3.05) is 13.2 Å². The highest BCUT2D eigenvalue weighted by molar-refractivity contribution is 8.12. The van der Waals surface area contributed by atoms with Crippen LogP contribution in [0.4, 0.5) is 32.0 Å². The van der Waals surface area contributed by atoms with Gasteiger partial charge in [0.15, 0.2) is 18.5 Å². The molecular formula is C77H67F6NO14S. The van der Waals surface area contributed by atoms with E-state index in [4.69, 9.17) is 52.1 Å². The third-order valence-electron chi connectivity index (χ3n) is 15.9. The average molecular weight is 1380 g/mol. The predicted molar refractivity (Wildman–Crippen MR) is 354 cm³/mol. The van der Waals surface area contributed by atoms with Crippen LogP contribution in [0.1, 0.15) is 70.0 Å². The summed E-state index contributed by atoms with van der Waals surface area (Å²) in [7, 11) is 0. The van der Waals surface area contributed by atoms with Gasteiger partial charge in [0, 0.05) is 5.75 Å². The molecule has 0 N–H and O–H groups in total. The van der Waals surface area contributed by atoms with Crippen LogP contribution in [0.5, 0.6) is 0 Å². The molecule has 0 saturated carbocycles. The molecule has 0 bridgehead atoms. The Morgan fingerprint density at radius 2 is 0.727 bits per heavy atom. The van der Waals surface area contributed by atoms with Crippen LogP contribution >= 0.6 is 11.8 Å². The van der Waals surface area contributed by atoms with Gasteiger partial charge in [-0.15, -0.1) is 0 Å². The Labute approximate surface area is 571 Å². The number of hydrogen-bond acceptors (Lipinski definition) is 16. The fourth-order valence-electron chi connectivity index (χ4n) is 10.8. The first-order chi connectivity index (χ1) is 48.1. The number of aliphatic imine (C=N–C) groups is 1. The van der Waals surface area contributed by atoms with Crippen LogP contribution in [-0.4, -0.2) is 97.8 Å². The number of nitrogens with zero attached hydrogens (tertiary/aromatic N) is 1. The Hall–Kier alpha value is -9.49. The highest BCUT2D eigenvalue weighted by Crippen LogP contribution is 2.38. The monoisotopic (exact) mass is 1380 g/mol. The van der Waals surface area contributed by atoms with E-state index in [0.717, 1.165) is 70.4 Å². The minimum Gasteiger partial charge on any atom is -0.452 e. The molecule has 10 atom stereocenters. The molecule has 0 aliphatic carbocycles. The number of alkyl halides is 6. The molecule has 0 radical (unpaired) electrons. The minimum absolute atomic E-state index is 0.00335. The summed E-state index contributed by atoms with van der Waals surface area (Å²) in [5, 5.41) is -0.392. The van der Waals surface area contributed by atoms with E-state index in [1.165, 1.54) is 48.5 Å². The summed E-state index contributed by atoms with van der Waals surface area (Å²) in [6.45, 7) is -0.439. The van der Waals surface area contributed by atoms with Gasteiger partial charge in [-0.1, -0.05) is 200 Å². The van der Waals surface area contributed by atoms with Crippen molar-refractivity contribution in [2.24, 2.45) is 4.99 Å². The molecule has 0 amide bonds. The normalized spacial score (nSPS) is 21.1. The van der Waals surface area contributed by atoms with E-state index in [1.54, 1.807) is 54.6 Å². The second-order valence-electron chi connectivity index (χ2n) is 22.9. The second-order valence-corrected chi connectivity index (χ2v) is 23.9. The number of carbonyl (C=O) groups excluding carboxylic acids is 3. The van der Waals surface area contributed by atoms with Crippen LogP contribution < -0.4 is 0 Å². The van der Waals surface area contributed by atoms with Crippen molar-refractivity contribution in [3.63, 3.8) is 0 Å². The summed E-state index contributed by atoms with van der Waals surface area (Å²) in [5.41, 5.74) is 1.62. The number of ether oxygens (including phenoxy) is 11. The molecule has 0 unspecified atom stereocenters. The number of rotatable bonds is 26. The van der Waals surface area contributed by atoms with E-state index in [0.29, 0.717) is 5.56 Å². The van der Waals surface area contributed by atoms with Crippen molar-refractivity contribution in [2.45, 2.75) is 106 Å². The summed E-state index contributed by atoms with van der Waals surface area (Å²) in [5.74, 6) is -3.14. The van der Waals surface area contributed by atoms with Crippen molar-refractivity contribution in [1.29, 1.82) is 0 Å². The van der Waals surface area contributed by atoms with Crippen molar-refractivity contribution < 1.29 is 92.8 Å². The number of benzene rings is 9. The van der Waals surface area contributed by atoms with E-state index in [1.807, 2.05) is 121 Å². The van der Waals surface area contributed by atoms with Gasteiger partial charge in [-0.2, -0.15) is 26.3 Å². The van der Waals surface area contributed by atoms with E-state index >= 15 is 0 Å². The molecular weight excluding hydrogens is 1310 g/mol. The van der Waals surface area contributed by atoms with E-state index in [-0.39, 0.29) is 61.2 Å². The number of thioether (sulfide) groups is 1. The highest BCUT2D eigenvalue weighted by atomic mass is 32.2. The van der Waals surface area contributed by atoms with Gasteiger partial charge in [-0.3, -0.25) is 0 Å². The Balaban J connectivity index is 1.03. The van der Waals surface area contributed by atoms with Gasteiger partial charge in [0.1, 0.15) is 30.5 Å². The van der Waals surface area contributed by atoms with Crippen LogP contribution in [0.15, 0.2) is 266 Å². The van der Waals surface area contributed by atoms with E-state index in [2.05, 4.69) is 4.99 Å². The minimum atomic E-state index is -4.74. The van der Waals surface area contributed by atoms with Gasteiger partial charge in [0.25, 0.3) is 5.23 Å². The summed E-state index contributed by atoms with van der Waals surface area (Å²) < 4.78 is 158. The fraction of sp³-hybridized carbons (Fsp3) is 0.247. The Bertz CT molecular complexity index is 4010. The molecule has 512 valence electrons. The van der Waals surface area contributed by atoms with Gasteiger partial charge in [0.2, 0.25) is 12.4 Å². The molecule has 2 saturated heterocycles. The fourth-order valence-corrected chi connectivity index (χ4v) is 11.7. The van der Waals surface area contributed by atoms with Crippen molar-refractivity contribution in [3.05, 3.63) is 316 Å². The van der Waals surface area contributed by atoms with Gasteiger partial charge >= 0.3 is 30.3 Å². The quantitative estimate of drug-likeness (QED) is 0.0165. The number of carbonyl (C=O) groups is 3. The molecule has 22 heteroatoms. The summed E-state index contributed by atoms with van der Waals surface area (Å²) >= 11 is 0.782. The molecule has 11 rings (SSSR count). The Morgan fingerprint density at radius 3 is 1.18 bits per heavy atom. The number of esters is 3. The molecule has 9 aromatic carbocycles. The number of hydrogen-bond donors (Lipinski definition) is 0. The molecule has 2 fully saturated rings. The van der Waals surface area contributed by atoms with Crippen LogP contribution in [0.2, 0.25) is 0 Å². The standard InChI is InChI=1S/C77H67F6NO14S/c78-76(79,80)59-38-36-55(37-39-59)50-99-75(84-61-42-40-60(41-43-61)77(81,82)83)98-74-69(97-72(87)58-34-20-7-21-35-58)67(96-71(86)57-32-18-6-19-33-57)65(95-70(85)56-30-16-5-17-31-56)63(94-74)49-92-73-68(91-47-54-28-14-4-15-29-54)66(90-46-53-26-12-3-13-27-53)64(89-45-52-24-10-2-11-25-52)62(93-73)48-88-44-51-22-8-1-9-23-51/h1-43,62-69,73-74H,44-50H2/t62-,63-,64-,65-,66+,67+,68-,69-,73+,74-/m1/s1. The van der Waals surface area contributed by atoms with Gasteiger partial charge in [0.05, 0.1) is 73.1 Å². The summed E-state index contributed by atoms with van der Waals surface area (Å²) in [6.07, 6.45) is -24.3. The highest BCUT2D eigenvalue weighted by Gasteiger charge is 2.56. The molecule has 0 spiro atoms. The van der Waals surface area contributed by atoms with Crippen molar-refractivity contribution in [3.8, 4) is 0 Å². The van der Waals surface area contributed by atoms with Crippen molar-refractivity contribution in [1.82, 2.24) is 0 Å². The lowest BCUT2D eigenvalue weighted by atomic mass is 9.96.